The molecule has 0 bridgehead atoms. The Bertz CT molecular complexity index is 635. The van der Waals surface area contributed by atoms with Gasteiger partial charge >= 0.3 is 5.97 Å². The first-order valence-electron chi connectivity index (χ1n) is 6.65. The van der Waals surface area contributed by atoms with E-state index in [-0.39, 0.29) is 11.5 Å². The highest BCUT2D eigenvalue weighted by Crippen LogP contribution is 2.37. The molecule has 3 atom stereocenters. The zero-order chi connectivity index (χ0) is 14.1. The summed E-state index contributed by atoms with van der Waals surface area (Å²) in [5.74, 6) is -0.944. The first-order valence-corrected chi connectivity index (χ1v) is 7.09. The van der Waals surface area contributed by atoms with Crippen LogP contribution in [0.2, 0.25) is 0 Å². The molecule has 0 spiro atoms. The van der Waals surface area contributed by atoms with Crippen molar-refractivity contribution in [1.29, 1.82) is 0 Å². The number of rotatable bonds is 2. The maximum atomic E-state index is 11.2. The zero-order valence-electron chi connectivity index (χ0n) is 10.8. The molecule has 0 aromatic heterocycles. The van der Waals surface area contributed by atoms with Crippen LogP contribution in [0.15, 0.2) is 42.5 Å². The van der Waals surface area contributed by atoms with Crippen LogP contribution < -0.4 is 0 Å². The normalized spacial score (nSPS) is 26.6. The van der Waals surface area contributed by atoms with Crippen LogP contribution in [0.4, 0.5) is 0 Å². The quantitative estimate of drug-likeness (QED) is 0.857. The van der Waals surface area contributed by atoms with Crippen molar-refractivity contribution in [3.05, 3.63) is 48.0 Å². The number of alkyl halides is 1. The number of carboxylic acid groups (broad SMARTS) is 1. The fourth-order valence-corrected chi connectivity index (χ4v) is 3.08. The SMILES string of the molecule is O=C(O)C1CC(Cl)CC(c2cccc3ccccc23)O1. The molecule has 1 heterocycles. The van der Waals surface area contributed by atoms with E-state index >= 15 is 0 Å². The number of carboxylic acids is 1. The Morgan fingerprint density at radius 1 is 1.15 bits per heavy atom. The highest BCUT2D eigenvalue weighted by Gasteiger charge is 2.33. The highest BCUT2D eigenvalue weighted by atomic mass is 35.5. The molecule has 3 unspecified atom stereocenters. The van der Waals surface area contributed by atoms with E-state index in [1.165, 1.54) is 0 Å². The molecule has 1 saturated heterocycles. The fraction of sp³-hybridized carbons (Fsp3) is 0.312. The Hall–Kier alpha value is -1.58. The first kappa shape index (κ1) is 13.4. The van der Waals surface area contributed by atoms with Crippen LogP contribution in [0.1, 0.15) is 24.5 Å². The number of benzene rings is 2. The van der Waals surface area contributed by atoms with Gasteiger partial charge in [-0.05, 0) is 22.8 Å². The van der Waals surface area contributed by atoms with Gasteiger partial charge < -0.3 is 9.84 Å². The second-order valence-corrected chi connectivity index (χ2v) is 5.71. The molecule has 0 aliphatic carbocycles. The molecule has 0 amide bonds. The van der Waals surface area contributed by atoms with E-state index in [1.807, 2.05) is 42.5 Å². The number of carbonyl (C=O) groups is 1. The van der Waals surface area contributed by atoms with Gasteiger partial charge in [0, 0.05) is 11.8 Å². The third-order valence-corrected chi connectivity index (χ3v) is 4.07. The van der Waals surface area contributed by atoms with Crippen LogP contribution in [0.5, 0.6) is 0 Å². The molecule has 3 nitrogen and oxygen atoms in total. The molecule has 1 aliphatic rings. The molecule has 0 saturated carbocycles. The summed E-state index contributed by atoms with van der Waals surface area (Å²) in [6.07, 6.45) is -0.0917. The van der Waals surface area contributed by atoms with E-state index in [1.54, 1.807) is 0 Å². The molecular formula is C16H15ClO3. The molecule has 104 valence electrons. The lowest BCUT2D eigenvalue weighted by Gasteiger charge is -2.31. The minimum absolute atomic E-state index is 0.172. The van der Waals surface area contributed by atoms with E-state index in [9.17, 15) is 4.79 Å². The lowest BCUT2D eigenvalue weighted by Crippen LogP contribution is -2.34. The van der Waals surface area contributed by atoms with Crippen LogP contribution >= 0.6 is 11.6 Å². The van der Waals surface area contributed by atoms with Crippen molar-refractivity contribution >= 4 is 28.3 Å². The van der Waals surface area contributed by atoms with Gasteiger partial charge in [-0.3, -0.25) is 0 Å². The lowest BCUT2D eigenvalue weighted by atomic mass is 9.94. The summed E-state index contributed by atoms with van der Waals surface area (Å²) in [6, 6.07) is 14.0. The van der Waals surface area contributed by atoms with Gasteiger partial charge in [-0.25, -0.2) is 4.79 Å². The van der Waals surface area contributed by atoms with Crippen molar-refractivity contribution in [2.75, 3.05) is 0 Å². The smallest absolute Gasteiger partial charge is 0.332 e. The summed E-state index contributed by atoms with van der Waals surface area (Å²) in [5, 5.41) is 11.2. The van der Waals surface area contributed by atoms with E-state index < -0.39 is 12.1 Å². The van der Waals surface area contributed by atoms with Gasteiger partial charge in [-0.2, -0.15) is 0 Å². The van der Waals surface area contributed by atoms with Crippen LogP contribution in [0, 0.1) is 0 Å². The predicted molar refractivity (Wildman–Crippen MR) is 78.1 cm³/mol. The van der Waals surface area contributed by atoms with Crippen molar-refractivity contribution in [3.8, 4) is 0 Å². The molecule has 3 rings (SSSR count). The summed E-state index contributed by atoms with van der Waals surface area (Å²) in [4.78, 5) is 11.2. The lowest BCUT2D eigenvalue weighted by molar-refractivity contribution is -0.159. The van der Waals surface area contributed by atoms with Gasteiger partial charge in [0.15, 0.2) is 6.10 Å². The average molecular weight is 291 g/mol. The molecule has 4 heteroatoms. The number of hydrogen-bond donors (Lipinski definition) is 1. The zero-order valence-corrected chi connectivity index (χ0v) is 11.6. The summed E-state index contributed by atoms with van der Waals surface area (Å²) in [5.41, 5.74) is 1.01. The van der Waals surface area contributed by atoms with Crippen LogP contribution in [-0.2, 0) is 9.53 Å². The summed E-state index contributed by atoms with van der Waals surface area (Å²) < 4.78 is 5.73. The van der Waals surface area contributed by atoms with E-state index in [2.05, 4.69) is 0 Å². The Morgan fingerprint density at radius 2 is 1.90 bits per heavy atom. The van der Waals surface area contributed by atoms with Gasteiger partial charge in [-0.1, -0.05) is 42.5 Å². The topological polar surface area (TPSA) is 46.5 Å². The summed E-state index contributed by atoms with van der Waals surface area (Å²) in [7, 11) is 0. The maximum Gasteiger partial charge on any atom is 0.332 e. The molecule has 1 N–H and O–H groups in total. The molecule has 1 fully saturated rings. The van der Waals surface area contributed by atoms with Gasteiger partial charge in [0.1, 0.15) is 0 Å². The second-order valence-electron chi connectivity index (χ2n) is 5.09. The highest BCUT2D eigenvalue weighted by molar-refractivity contribution is 6.20. The average Bonchev–Trinajstić information content (AvgIpc) is 2.46. The summed E-state index contributed by atoms with van der Waals surface area (Å²) in [6.45, 7) is 0. The number of halogens is 1. The largest absolute Gasteiger partial charge is 0.479 e. The Kier molecular flexibility index (Phi) is 3.64. The minimum atomic E-state index is -0.944. The van der Waals surface area contributed by atoms with Gasteiger partial charge in [0.05, 0.1) is 6.10 Å². The van der Waals surface area contributed by atoms with Crippen LogP contribution in [0.25, 0.3) is 10.8 Å². The third kappa shape index (κ3) is 2.51. The number of ether oxygens (including phenoxy) is 1. The molecule has 2 aromatic rings. The Morgan fingerprint density at radius 3 is 2.70 bits per heavy atom. The van der Waals surface area contributed by atoms with Crippen molar-refractivity contribution < 1.29 is 14.6 Å². The predicted octanol–water partition coefficient (Wildman–Crippen LogP) is 3.75. The Labute approximate surface area is 122 Å². The molecule has 0 radical (unpaired) electrons. The molecule has 1 aliphatic heterocycles. The Balaban J connectivity index is 1.99. The van der Waals surface area contributed by atoms with E-state index in [0.717, 1.165) is 16.3 Å². The number of fused-ring (bicyclic) bond motifs is 1. The van der Waals surface area contributed by atoms with E-state index in [4.69, 9.17) is 21.4 Å². The van der Waals surface area contributed by atoms with Crippen molar-refractivity contribution in [1.82, 2.24) is 0 Å². The molecule has 2 aromatic carbocycles. The second kappa shape index (κ2) is 5.43. The van der Waals surface area contributed by atoms with Crippen molar-refractivity contribution in [2.45, 2.75) is 30.4 Å². The first-order chi connectivity index (χ1) is 9.65. The number of hydrogen-bond acceptors (Lipinski definition) is 2. The minimum Gasteiger partial charge on any atom is -0.479 e. The fourth-order valence-electron chi connectivity index (χ4n) is 2.76. The van der Waals surface area contributed by atoms with Gasteiger partial charge in [-0.15, -0.1) is 11.6 Å². The maximum absolute atomic E-state index is 11.2. The standard InChI is InChI=1S/C16H15ClO3/c17-11-8-14(20-15(9-11)16(18)19)13-7-3-5-10-4-1-2-6-12(10)13/h1-7,11,14-15H,8-9H2,(H,18,19). The third-order valence-electron chi connectivity index (χ3n) is 3.71. The van der Waals surface area contributed by atoms with Crippen molar-refractivity contribution in [3.63, 3.8) is 0 Å². The molecule has 20 heavy (non-hydrogen) atoms. The van der Waals surface area contributed by atoms with Crippen molar-refractivity contribution in [2.24, 2.45) is 0 Å². The van der Waals surface area contributed by atoms with E-state index in [0.29, 0.717) is 12.8 Å². The van der Waals surface area contributed by atoms with Crippen LogP contribution in [-0.4, -0.2) is 22.6 Å². The van der Waals surface area contributed by atoms with Crippen LogP contribution in [0.3, 0.4) is 0 Å². The monoisotopic (exact) mass is 290 g/mol. The van der Waals surface area contributed by atoms with Gasteiger partial charge in [0.2, 0.25) is 0 Å². The number of aliphatic carboxylic acids is 1. The molecular weight excluding hydrogens is 276 g/mol. The summed E-state index contributed by atoms with van der Waals surface area (Å²) >= 11 is 6.21. The van der Waals surface area contributed by atoms with Gasteiger partial charge in [0.25, 0.3) is 0 Å².